The molecule has 0 atom stereocenters. The van der Waals surface area contributed by atoms with Gasteiger partial charge in [0.2, 0.25) is 0 Å². The number of aromatic amines is 2. The average molecular weight is 330 g/mol. The predicted molar refractivity (Wildman–Crippen MR) is 108 cm³/mol. The van der Waals surface area contributed by atoms with E-state index < -0.39 is 0 Å². The van der Waals surface area contributed by atoms with Crippen LogP contribution in [0.3, 0.4) is 0 Å². The summed E-state index contributed by atoms with van der Waals surface area (Å²) in [7, 11) is 0. The van der Waals surface area contributed by atoms with Gasteiger partial charge in [0, 0.05) is 43.6 Å². The Kier molecular flexibility index (Phi) is 2.64. The molecule has 0 bridgehead atoms. The molecule has 2 heterocycles. The fourth-order valence-corrected chi connectivity index (χ4v) is 3.95. The molecule has 26 heavy (non-hydrogen) atoms. The number of H-pyrrole nitrogens is 2. The molecule has 0 unspecified atom stereocenters. The van der Waals surface area contributed by atoms with Crippen molar-refractivity contribution in [3.63, 3.8) is 0 Å². The number of benzene rings is 4. The predicted octanol–water partition coefficient (Wildman–Crippen LogP) is 6.22. The Bertz CT molecular complexity index is 1320. The maximum atomic E-state index is 3.50. The van der Waals surface area contributed by atoms with Gasteiger partial charge in [-0.15, -0.1) is 0 Å². The first kappa shape index (κ1) is 13.7. The van der Waals surface area contributed by atoms with Crippen molar-refractivity contribution in [2.45, 2.75) is 0 Å². The zero-order valence-corrected chi connectivity index (χ0v) is 13.9. The zero-order valence-electron chi connectivity index (χ0n) is 13.9. The maximum Gasteiger partial charge on any atom is 0.0471 e. The highest BCUT2D eigenvalue weighted by molar-refractivity contribution is 6.10. The summed E-state index contributed by atoms with van der Waals surface area (Å²) in [5.41, 5.74) is 6.98. The van der Waals surface area contributed by atoms with Gasteiger partial charge < -0.3 is 9.97 Å². The van der Waals surface area contributed by atoms with E-state index in [0.717, 1.165) is 22.1 Å². The number of hydrogen-bond acceptors (Lipinski definition) is 0. The van der Waals surface area contributed by atoms with E-state index in [1.165, 1.54) is 32.7 Å². The highest BCUT2D eigenvalue weighted by Crippen LogP contribution is 2.32. The van der Waals surface area contributed by atoms with Gasteiger partial charge in [0.25, 0.3) is 0 Å². The molecule has 6 rings (SSSR count). The minimum Gasteiger partial charge on any atom is -0.354 e. The van der Waals surface area contributed by atoms with E-state index in [-0.39, 0.29) is 0 Å². The quantitative estimate of drug-likeness (QED) is 0.358. The van der Waals surface area contributed by atoms with Gasteiger partial charge in [-0.2, -0.15) is 0 Å². The van der Waals surface area contributed by atoms with Crippen LogP contribution in [-0.4, -0.2) is 9.97 Å². The summed E-state index contributed by atoms with van der Waals surface area (Å²) in [4.78, 5) is 7.01. The fourth-order valence-electron chi connectivity index (χ4n) is 3.95. The van der Waals surface area contributed by atoms with E-state index in [0.29, 0.717) is 0 Å². The van der Waals surface area contributed by atoms with E-state index in [1.807, 2.05) is 24.3 Å². The summed E-state index contributed by atoms with van der Waals surface area (Å²) in [6.07, 6.45) is 0. The van der Waals surface area contributed by atoms with Crippen molar-refractivity contribution < 1.29 is 0 Å². The maximum absolute atomic E-state index is 3.50. The first-order chi connectivity index (χ1) is 12.9. The Hall–Kier alpha value is -3.52. The summed E-state index contributed by atoms with van der Waals surface area (Å²) in [6.45, 7) is 0. The third-order valence-electron chi connectivity index (χ3n) is 5.22. The van der Waals surface area contributed by atoms with Gasteiger partial charge in [-0.25, -0.2) is 0 Å². The number of hydrogen-bond donors (Lipinski definition) is 2. The lowest BCUT2D eigenvalue weighted by Crippen LogP contribution is -1.79. The van der Waals surface area contributed by atoms with Crippen LogP contribution in [0, 0.1) is 12.1 Å². The molecule has 0 aliphatic carbocycles. The van der Waals surface area contributed by atoms with Crippen molar-refractivity contribution in [2.24, 2.45) is 0 Å². The van der Waals surface area contributed by atoms with Crippen LogP contribution in [-0.2, 0) is 0 Å². The van der Waals surface area contributed by atoms with Crippen molar-refractivity contribution in [3.05, 3.63) is 84.9 Å². The monoisotopic (exact) mass is 330 g/mol. The minimum absolute atomic E-state index is 1.13. The number of nitrogens with one attached hydrogen (secondary N) is 2. The number of rotatable bonds is 1. The van der Waals surface area contributed by atoms with Crippen LogP contribution in [0.25, 0.3) is 54.7 Å². The Labute approximate surface area is 150 Å². The summed E-state index contributed by atoms with van der Waals surface area (Å²) in [6, 6.07) is 31.7. The van der Waals surface area contributed by atoms with E-state index >= 15 is 0 Å². The van der Waals surface area contributed by atoms with Crippen LogP contribution in [0.5, 0.6) is 0 Å². The standard InChI is InChI=1S/C24H14N2/c1-3-7-21-17(5-1)19-11-9-15(13-23(19)25-21)16-10-12-20-18-6-2-4-8-22(18)26-24(20)14-16/h1-2,5-14,25-26H. The SMILES string of the molecule is [c]1ccc2c(c1)[nH]c1cc(-c3ccc4c(c3)[nH]c3c[c]ccc34)ccc12. The molecule has 0 aliphatic heterocycles. The lowest BCUT2D eigenvalue weighted by molar-refractivity contribution is 1.53. The summed E-state index contributed by atoms with van der Waals surface area (Å²) in [5, 5.41) is 4.99. The fraction of sp³-hybridized carbons (Fsp3) is 0. The summed E-state index contributed by atoms with van der Waals surface area (Å²) in [5.74, 6) is 0. The number of aromatic nitrogens is 2. The summed E-state index contributed by atoms with van der Waals surface area (Å²) >= 11 is 0. The lowest BCUT2D eigenvalue weighted by Gasteiger charge is -2.03. The van der Waals surface area contributed by atoms with Crippen LogP contribution in [0.15, 0.2) is 72.8 Å². The highest BCUT2D eigenvalue weighted by Gasteiger charge is 2.08. The first-order valence-electron chi connectivity index (χ1n) is 8.70. The molecule has 0 saturated carbocycles. The van der Waals surface area contributed by atoms with Gasteiger partial charge >= 0.3 is 0 Å². The molecule has 2 N–H and O–H groups in total. The molecule has 120 valence electrons. The molecule has 0 saturated heterocycles. The van der Waals surface area contributed by atoms with Gasteiger partial charge in [0.1, 0.15) is 0 Å². The molecular formula is C24H14N2. The molecule has 6 aromatic rings. The van der Waals surface area contributed by atoms with Crippen LogP contribution < -0.4 is 0 Å². The second-order valence-corrected chi connectivity index (χ2v) is 6.71. The first-order valence-corrected chi connectivity index (χ1v) is 8.70. The van der Waals surface area contributed by atoms with E-state index in [9.17, 15) is 0 Å². The Morgan fingerprint density at radius 3 is 1.46 bits per heavy atom. The lowest BCUT2D eigenvalue weighted by atomic mass is 10.0. The van der Waals surface area contributed by atoms with Crippen molar-refractivity contribution in [3.8, 4) is 11.1 Å². The van der Waals surface area contributed by atoms with Crippen molar-refractivity contribution in [2.75, 3.05) is 0 Å². The Balaban J connectivity index is 1.57. The van der Waals surface area contributed by atoms with Crippen LogP contribution in [0.2, 0.25) is 0 Å². The van der Waals surface area contributed by atoms with E-state index in [4.69, 9.17) is 0 Å². The third-order valence-corrected chi connectivity index (χ3v) is 5.22. The van der Waals surface area contributed by atoms with Crippen LogP contribution in [0.1, 0.15) is 0 Å². The van der Waals surface area contributed by atoms with Crippen molar-refractivity contribution in [1.29, 1.82) is 0 Å². The van der Waals surface area contributed by atoms with Crippen molar-refractivity contribution in [1.82, 2.24) is 9.97 Å². The number of fused-ring (bicyclic) bond motifs is 6. The van der Waals surface area contributed by atoms with Gasteiger partial charge in [-0.3, -0.25) is 0 Å². The normalized spacial score (nSPS) is 11.8. The molecule has 0 fully saturated rings. The third kappa shape index (κ3) is 1.87. The molecule has 2 nitrogen and oxygen atoms in total. The second-order valence-electron chi connectivity index (χ2n) is 6.71. The van der Waals surface area contributed by atoms with Crippen LogP contribution in [0.4, 0.5) is 0 Å². The van der Waals surface area contributed by atoms with Gasteiger partial charge in [0.15, 0.2) is 0 Å². The molecule has 0 amide bonds. The minimum atomic E-state index is 1.13. The summed E-state index contributed by atoms with van der Waals surface area (Å²) < 4.78 is 0. The van der Waals surface area contributed by atoms with E-state index in [2.05, 4.69) is 70.6 Å². The van der Waals surface area contributed by atoms with Gasteiger partial charge in [0.05, 0.1) is 0 Å². The van der Waals surface area contributed by atoms with Crippen molar-refractivity contribution >= 4 is 43.6 Å². The van der Waals surface area contributed by atoms with E-state index in [1.54, 1.807) is 0 Å². The largest absolute Gasteiger partial charge is 0.354 e. The molecule has 2 heteroatoms. The molecule has 0 aliphatic rings. The highest BCUT2D eigenvalue weighted by atomic mass is 14.7. The second kappa shape index (κ2) is 4.99. The van der Waals surface area contributed by atoms with Gasteiger partial charge in [-0.1, -0.05) is 48.5 Å². The molecule has 0 spiro atoms. The topological polar surface area (TPSA) is 31.6 Å². The molecule has 2 radical (unpaired) electrons. The average Bonchev–Trinajstić information content (AvgIpc) is 3.24. The van der Waals surface area contributed by atoms with Crippen LogP contribution >= 0.6 is 0 Å². The Morgan fingerprint density at radius 1 is 0.500 bits per heavy atom. The molecule has 2 aromatic heterocycles. The smallest absolute Gasteiger partial charge is 0.0471 e. The molecular weight excluding hydrogens is 316 g/mol. The Morgan fingerprint density at radius 2 is 0.962 bits per heavy atom. The molecule has 4 aromatic carbocycles. The van der Waals surface area contributed by atoms with Gasteiger partial charge in [-0.05, 0) is 47.5 Å². The zero-order chi connectivity index (χ0) is 17.1.